The molecule has 1 N–H and O–H groups in total. The third kappa shape index (κ3) is 7.70. The van der Waals surface area contributed by atoms with E-state index in [0.29, 0.717) is 24.2 Å². The number of esters is 2. The summed E-state index contributed by atoms with van der Waals surface area (Å²) in [6.45, 7) is 10.3. The summed E-state index contributed by atoms with van der Waals surface area (Å²) in [7, 11) is 0. The summed E-state index contributed by atoms with van der Waals surface area (Å²) >= 11 is 0. The van der Waals surface area contributed by atoms with Gasteiger partial charge >= 0.3 is 11.9 Å². The Hall–Kier alpha value is -3.19. The monoisotopic (exact) mass is 468 g/mol. The van der Waals surface area contributed by atoms with Crippen LogP contribution in [0.4, 0.5) is 5.69 Å². The van der Waals surface area contributed by atoms with Gasteiger partial charge in [-0.2, -0.15) is 0 Å². The molecule has 0 aliphatic carbocycles. The molecule has 0 saturated heterocycles. The summed E-state index contributed by atoms with van der Waals surface area (Å²) in [5.41, 5.74) is 3.35. The highest BCUT2D eigenvalue weighted by molar-refractivity contribution is 6.04. The van der Waals surface area contributed by atoms with Crippen molar-refractivity contribution in [3.05, 3.63) is 64.7 Å². The second kappa shape index (κ2) is 13.5. The topological polar surface area (TPSA) is 84.9 Å². The first-order chi connectivity index (χ1) is 16.3. The lowest BCUT2D eigenvalue weighted by Gasteiger charge is -2.29. The lowest BCUT2D eigenvalue weighted by atomic mass is 10.0. The van der Waals surface area contributed by atoms with Crippen molar-refractivity contribution >= 4 is 23.5 Å². The van der Waals surface area contributed by atoms with Gasteiger partial charge in [0.25, 0.3) is 0 Å². The number of rotatable bonds is 12. The van der Waals surface area contributed by atoms with E-state index < -0.39 is 18.0 Å². The highest BCUT2D eigenvalue weighted by Crippen LogP contribution is 2.25. The van der Waals surface area contributed by atoms with E-state index in [1.54, 1.807) is 17.9 Å². The number of nitrogens with one attached hydrogen (secondary N) is 1. The van der Waals surface area contributed by atoms with Crippen LogP contribution >= 0.6 is 0 Å². The fourth-order valence-electron chi connectivity index (χ4n) is 3.85. The van der Waals surface area contributed by atoms with E-state index in [0.717, 1.165) is 23.1 Å². The standard InChI is InChI=1S/C27H36N2O5/c1-6-12-23(29(7-2)17-24(30)34-18-21-13-10-9-11-14-21)26(31)28-25-20(5)15-19(4)16-22(25)27(32)33-8-3/h9-11,13-16,23H,6-8,12,17-18H2,1-5H3,(H,28,31). The highest BCUT2D eigenvalue weighted by atomic mass is 16.5. The predicted octanol–water partition coefficient (Wildman–Crippen LogP) is 4.65. The van der Waals surface area contributed by atoms with Crippen molar-refractivity contribution in [1.82, 2.24) is 4.90 Å². The molecule has 1 unspecified atom stereocenters. The quantitative estimate of drug-likeness (QED) is 0.457. The van der Waals surface area contributed by atoms with E-state index in [1.165, 1.54) is 0 Å². The minimum atomic E-state index is -0.546. The zero-order valence-corrected chi connectivity index (χ0v) is 20.8. The number of anilines is 1. The van der Waals surface area contributed by atoms with Crippen LogP contribution in [0.1, 0.15) is 60.7 Å². The molecule has 2 aromatic rings. The maximum atomic E-state index is 13.4. The lowest BCUT2D eigenvalue weighted by molar-refractivity contribution is -0.147. The third-order valence-corrected chi connectivity index (χ3v) is 5.51. The van der Waals surface area contributed by atoms with Gasteiger partial charge in [0.2, 0.25) is 5.91 Å². The van der Waals surface area contributed by atoms with Crippen molar-refractivity contribution < 1.29 is 23.9 Å². The Bertz CT molecular complexity index is 974. The number of benzene rings is 2. The van der Waals surface area contributed by atoms with Gasteiger partial charge in [-0.05, 0) is 56.5 Å². The Morgan fingerprint density at radius 2 is 1.71 bits per heavy atom. The zero-order chi connectivity index (χ0) is 25.1. The minimum absolute atomic E-state index is 0.000959. The van der Waals surface area contributed by atoms with Crippen LogP contribution in [0, 0.1) is 13.8 Å². The van der Waals surface area contributed by atoms with Crippen LogP contribution in [0.5, 0.6) is 0 Å². The summed E-state index contributed by atoms with van der Waals surface area (Å²) in [5, 5.41) is 2.94. The molecule has 7 nitrogen and oxygen atoms in total. The molecule has 1 amide bonds. The summed E-state index contributed by atoms with van der Waals surface area (Å²) < 4.78 is 10.6. The van der Waals surface area contributed by atoms with Crippen molar-refractivity contribution in [3.8, 4) is 0 Å². The van der Waals surface area contributed by atoms with Crippen molar-refractivity contribution in [2.75, 3.05) is 25.0 Å². The normalized spacial score (nSPS) is 11.7. The molecule has 0 spiro atoms. The molecule has 0 saturated carbocycles. The number of nitrogens with zero attached hydrogens (tertiary/aromatic N) is 1. The molecule has 0 radical (unpaired) electrons. The van der Waals surface area contributed by atoms with Crippen LogP contribution in [0.15, 0.2) is 42.5 Å². The van der Waals surface area contributed by atoms with Crippen molar-refractivity contribution in [3.63, 3.8) is 0 Å². The number of ether oxygens (including phenoxy) is 2. The number of carbonyl (C=O) groups is 3. The summed E-state index contributed by atoms with van der Waals surface area (Å²) in [6.07, 6.45) is 1.32. The van der Waals surface area contributed by atoms with Crippen LogP contribution in [-0.2, 0) is 25.7 Å². The molecule has 0 heterocycles. The maximum Gasteiger partial charge on any atom is 0.340 e. The highest BCUT2D eigenvalue weighted by Gasteiger charge is 2.28. The van der Waals surface area contributed by atoms with Gasteiger partial charge in [-0.1, -0.05) is 56.7 Å². The van der Waals surface area contributed by atoms with Gasteiger partial charge in [-0.15, -0.1) is 0 Å². The average Bonchev–Trinajstić information content (AvgIpc) is 2.82. The Morgan fingerprint density at radius 1 is 1.00 bits per heavy atom. The van der Waals surface area contributed by atoms with Gasteiger partial charge in [0, 0.05) is 0 Å². The molecule has 2 aromatic carbocycles. The molecule has 0 aliphatic rings. The van der Waals surface area contributed by atoms with E-state index in [2.05, 4.69) is 5.32 Å². The molecule has 0 aromatic heterocycles. The van der Waals surface area contributed by atoms with E-state index in [4.69, 9.17) is 9.47 Å². The third-order valence-electron chi connectivity index (χ3n) is 5.51. The number of hydrogen-bond donors (Lipinski definition) is 1. The Balaban J connectivity index is 2.17. The number of carbonyl (C=O) groups excluding carboxylic acids is 3. The number of amides is 1. The Labute approximate surface area is 202 Å². The first-order valence-electron chi connectivity index (χ1n) is 11.8. The van der Waals surface area contributed by atoms with Crippen LogP contribution in [0.3, 0.4) is 0 Å². The van der Waals surface area contributed by atoms with Gasteiger partial charge in [-0.3, -0.25) is 14.5 Å². The second-order valence-corrected chi connectivity index (χ2v) is 8.23. The van der Waals surface area contributed by atoms with Gasteiger partial charge in [0.05, 0.1) is 30.4 Å². The molecule has 1 atom stereocenters. The van der Waals surface area contributed by atoms with Gasteiger partial charge in [0.1, 0.15) is 6.61 Å². The molecule has 0 aliphatic heterocycles. The lowest BCUT2D eigenvalue weighted by Crippen LogP contribution is -2.46. The summed E-state index contributed by atoms with van der Waals surface area (Å²) in [5.74, 6) is -1.14. The predicted molar refractivity (Wildman–Crippen MR) is 133 cm³/mol. The summed E-state index contributed by atoms with van der Waals surface area (Å²) in [4.78, 5) is 40.2. The first-order valence-corrected chi connectivity index (χ1v) is 11.8. The van der Waals surface area contributed by atoms with Gasteiger partial charge < -0.3 is 14.8 Å². The summed E-state index contributed by atoms with van der Waals surface area (Å²) in [6, 6.07) is 12.5. The molecule has 7 heteroatoms. The van der Waals surface area contributed by atoms with Crippen LogP contribution in [0.2, 0.25) is 0 Å². The molecule has 184 valence electrons. The second-order valence-electron chi connectivity index (χ2n) is 8.23. The number of likely N-dealkylation sites (N-methyl/N-ethyl adjacent to an activating group) is 1. The van der Waals surface area contributed by atoms with E-state index in [1.807, 2.05) is 64.1 Å². The number of hydrogen-bond acceptors (Lipinski definition) is 6. The maximum absolute atomic E-state index is 13.4. The smallest absolute Gasteiger partial charge is 0.340 e. The van der Waals surface area contributed by atoms with Crippen molar-refractivity contribution in [2.45, 2.75) is 60.1 Å². The molecular formula is C27H36N2O5. The Kier molecular flexibility index (Phi) is 10.7. The fraction of sp³-hybridized carbons (Fsp3) is 0.444. The van der Waals surface area contributed by atoms with E-state index >= 15 is 0 Å². The molecule has 2 rings (SSSR count). The largest absolute Gasteiger partial charge is 0.462 e. The minimum Gasteiger partial charge on any atom is -0.462 e. The molecule has 0 bridgehead atoms. The van der Waals surface area contributed by atoms with E-state index in [-0.39, 0.29) is 25.7 Å². The van der Waals surface area contributed by atoms with Crippen LogP contribution < -0.4 is 5.32 Å². The van der Waals surface area contributed by atoms with Crippen molar-refractivity contribution in [1.29, 1.82) is 0 Å². The Morgan fingerprint density at radius 3 is 2.32 bits per heavy atom. The zero-order valence-electron chi connectivity index (χ0n) is 20.8. The average molecular weight is 469 g/mol. The van der Waals surface area contributed by atoms with Crippen LogP contribution in [-0.4, -0.2) is 48.5 Å². The van der Waals surface area contributed by atoms with Gasteiger partial charge in [0.15, 0.2) is 0 Å². The van der Waals surface area contributed by atoms with E-state index in [9.17, 15) is 14.4 Å². The number of aryl methyl sites for hydroxylation is 2. The first kappa shape index (κ1) is 27.1. The SMILES string of the molecule is CCCC(C(=O)Nc1c(C)cc(C)cc1C(=O)OCC)N(CC)CC(=O)OCc1ccccc1. The molecular weight excluding hydrogens is 432 g/mol. The van der Waals surface area contributed by atoms with Crippen molar-refractivity contribution in [2.24, 2.45) is 0 Å². The molecule has 34 heavy (non-hydrogen) atoms. The van der Waals surface area contributed by atoms with Crippen LogP contribution in [0.25, 0.3) is 0 Å². The van der Waals surface area contributed by atoms with Gasteiger partial charge in [-0.25, -0.2) is 4.79 Å². The molecule has 0 fully saturated rings. The fourth-order valence-corrected chi connectivity index (χ4v) is 3.85.